The smallest absolute Gasteiger partial charge is 0.475 e. The summed E-state index contributed by atoms with van der Waals surface area (Å²) >= 11 is 0. The maximum atomic E-state index is 12.3. The van der Waals surface area contributed by atoms with Crippen LogP contribution in [0.2, 0.25) is 0 Å². The Morgan fingerprint density at radius 3 is 2.26 bits per heavy atom. The number of hydrogen-bond donors (Lipinski definition) is 3. The number of carboxylic acids is 1. The minimum absolute atomic E-state index is 0.312. The van der Waals surface area contributed by atoms with Gasteiger partial charge in [0, 0.05) is 18.8 Å². The van der Waals surface area contributed by atoms with Gasteiger partial charge in [-0.3, -0.25) is 5.10 Å². The summed E-state index contributed by atoms with van der Waals surface area (Å²) in [6, 6.07) is 7.16. The van der Waals surface area contributed by atoms with Crippen LogP contribution in [0.3, 0.4) is 0 Å². The van der Waals surface area contributed by atoms with E-state index < -0.39 is 18.5 Å². The van der Waals surface area contributed by atoms with Crippen molar-refractivity contribution in [2.75, 3.05) is 12.4 Å². The van der Waals surface area contributed by atoms with Gasteiger partial charge < -0.3 is 15.2 Å². The van der Waals surface area contributed by atoms with E-state index in [1.807, 2.05) is 0 Å². The molecule has 34 heavy (non-hydrogen) atoms. The van der Waals surface area contributed by atoms with Gasteiger partial charge in [0.05, 0.1) is 17.3 Å². The van der Waals surface area contributed by atoms with Crippen LogP contribution in [0.1, 0.15) is 0 Å². The zero-order chi connectivity index (χ0) is 25.1. The topological polar surface area (TPSA) is 131 Å². The van der Waals surface area contributed by atoms with Crippen molar-refractivity contribution in [3.8, 4) is 22.7 Å². The molecule has 16 heteroatoms. The number of fused-ring (bicyclic) bond motifs is 1. The number of hydrogen-bond acceptors (Lipinski definition) is 7. The first kappa shape index (κ1) is 24.3. The van der Waals surface area contributed by atoms with Crippen LogP contribution in [0.4, 0.5) is 32.2 Å². The fourth-order valence-electron chi connectivity index (χ4n) is 2.73. The van der Waals surface area contributed by atoms with Gasteiger partial charge in [-0.05, 0) is 30.3 Å². The number of carboxylic acid groups (broad SMARTS) is 1. The highest BCUT2D eigenvalue weighted by Gasteiger charge is 2.38. The Morgan fingerprint density at radius 1 is 1.12 bits per heavy atom. The number of nitrogens with zero attached hydrogens (tertiary/aromatic N) is 5. The fourth-order valence-corrected chi connectivity index (χ4v) is 2.73. The molecule has 3 aromatic heterocycles. The molecule has 3 heterocycles. The summed E-state index contributed by atoms with van der Waals surface area (Å²) in [6.07, 6.45) is -6.58. The predicted molar refractivity (Wildman–Crippen MR) is 104 cm³/mol. The molecule has 0 amide bonds. The molecule has 0 unspecified atom stereocenters. The molecule has 0 saturated carbocycles. The maximum Gasteiger partial charge on any atom is 0.573 e. The van der Waals surface area contributed by atoms with Crippen LogP contribution < -0.4 is 10.1 Å². The Kier molecular flexibility index (Phi) is 6.60. The van der Waals surface area contributed by atoms with Gasteiger partial charge in [0.2, 0.25) is 0 Å². The van der Waals surface area contributed by atoms with Gasteiger partial charge in [0.25, 0.3) is 0 Å². The first-order chi connectivity index (χ1) is 15.9. The molecule has 0 aliphatic rings. The quantitative estimate of drug-likeness (QED) is 0.369. The molecule has 0 aliphatic carbocycles. The Hall–Kier alpha value is -4.37. The van der Waals surface area contributed by atoms with Gasteiger partial charge in [-0.15, -0.1) is 23.4 Å². The number of benzene rings is 1. The number of alkyl halides is 6. The van der Waals surface area contributed by atoms with Gasteiger partial charge in [-0.25, -0.2) is 14.5 Å². The van der Waals surface area contributed by atoms with E-state index in [1.54, 1.807) is 25.5 Å². The van der Waals surface area contributed by atoms with Gasteiger partial charge in [0.1, 0.15) is 11.4 Å². The number of rotatable bonds is 4. The highest BCUT2D eigenvalue weighted by molar-refractivity contribution is 6.00. The van der Waals surface area contributed by atoms with E-state index in [2.05, 4.69) is 35.5 Å². The van der Waals surface area contributed by atoms with Crippen molar-refractivity contribution in [2.24, 2.45) is 0 Å². The average Bonchev–Trinajstić information content (AvgIpc) is 3.41. The van der Waals surface area contributed by atoms with Crippen LogP contribution in [0.25, 0.3) is 28.0 Å². The third kappa shape index (κ3) is 5.51. The Labute approximate surface area is 185 Å². The molecule has 3 N–H and O–H groups in total. The van der Waals surface area contributed by atoms with Crippen LogP contribution in [-0.4, -0.2) is 60.8 Å². The number of nitrogens with one attached hydrogen (secondary N) is 2. The lowest BCUT2D eigenvalue weighted by molar-refractivity contribution is -0.274. The largest absolute Gasteiger partial charge is 0.573 e. The molecule has 4 aromatic rings. The molecule has 0 radical (unpaired) electrons. The van der Waals surface area contributed by atoms with Crippen molar-refractivity contribution < 1.29 is 41.0 Å². The summed E-state index contributed by atoms with van der Waals surface area (Å²) in [7, 11) is 1.71. The molecule has 0 aliphatic heterocycles. The van der Waals surface area contributed by atoms with Crippen molar-refractivity contribution in [1.29, 1.82) is 0 Å². The first-order valence-electron chi connectivity index (χ1n) is 8.99. The van der Waals surface area contributed by atoms with E-state index in [0.717, 1.165) is 5.56 Å². The van der Waals surface area contributed by atoms with Crippen LogP contribution in [0.15, 0.2) is 42.7 Å². The lowest BCUT2D eigenvalue weighted by atomic mass is 10.1. The second-order valence-corrected chi connectivity index (χ2v) is 6.27. The monoisotopic (exact) mass is 489 g/mol. The SMILES string of the molecule is CNc1nn(-c2ccc(OC(F)(F)F)cc2)c2nccc(-c3c[nH]nn3)c12.O=C(O)C(F)(F)F. The first-order valence-corrected chi connectivity index (χ1v) is 8.99. The maximum absolute atomic E-state index is 12.3. The van der Waals surface area contributed by atoms with Gasteiger partial charge >= 0.3 is 18.5 Å². The number of aliphatic carboxylic acids is 1. The molecular weight excluding hydrogens is 476 g/mol. The number of ether oxygens (including phenoxy) is 1. The summed E-state index contributed by atoms with van der Waals surface area (Å²) < 4.78 is 74.2. The minimum Gasteiger partial charge on any atom is -0.475 e. The summed E-state index contributed by atoms with van der Waals surface area (Å²) in [5, 5.41) is 25.7. The number of carbonyl (C=O) groups is 1. The Bertz CT molecular complexity index is 1270. The Morgan fingerprint density at radius 2 is 1.76 bits per heavy atom. The van der Waals surface area contributed by atoms with Crippen molar-refractivity contribution in [3.63, 3.8) is 0 Å². The van der Waals surface area contributed by atoms with Crippen LogP contribution in [0.5, 0.6) is 5.75 Å². The predicted octanol–water partition coefficient (Wildman–Crippen LogP) is 3.78. The van der Waals surface area contributed by atoms with E-state index in [4.69, 9.17) is 9.90 Å². The zero-order valence-corrected chi connectivity index (χ0v) is 16.8. The number of pyridine rings is 1. The van der Waals surface area contributed by atoms with Crippen molar-refractivity contribution in [2.45, 2.75) is 12.5 Å². The molecule has 0 atom stereocenters. The average molecular weight is 489 g/mol. The molecule has 180 valence electrons. The highest BCUT2D eigenvalue weighted by atomic mass is 19.4. The van der Waals surface area contributed by atoms with Crippen molar-refractivity contribution >= 4 is 22.8 Å². The molecule has 0 fully saturated rings. The number of anilines is 1. The fraction of sp³-hybridized carbons (Fsp3) is 0.167. The summed E-state index contributed by atoms with van der Waals surface area (Å²) in [6.45, 7) is 0. The van der Waals surface area contributed by atoms with Crippen LogP contribution in [-0.2, 0) is 4.79 Å². The van der Waals surface area contributed by atoms with Gasteiger partial charge in [-0.2, -0.15) is 13.2 Å². The van der Waals surface area contributed by atoms with E-state index in [9.17, 15) is 26.3 Å². The van der Waals surface area contributed by atoms with Crippen LogP contribution >= 0.6 is 0 Å². The van der Waals surface area contributed by atoms with Crippen LogP contribution in [0, 0.1) is 0 Å². The molecule has 10 nitrogen and oxygen atoms in total. The number of halogens is 6. The van der Waals surface area contributed by atoms with Gasteiger partial charge in [-0.1, -0.05) is 5.21 Å². The highest BCUT2D eigenvalue weighted by Crippen LogP contribution is 2.33. The third-order valence-electron chi connectivity index (χ3n) is 4.06. The van der Waals surface area contributed by atoms with E-state index in [1.165, 1.54) is 28.9 Å². The number of aromatic amines is 1. The van der Waals surface area contributed by atoms with E-state index in [0.29, 0.717) is 28.2 Å². The molecule has 1 aromatic carbocycles. The third-order valence-corrected chi connectivity index (χ3v) is 4.06. The Balaban J connectivity index is 0.000000406. The zero-order valence-electron chi connectivity index (χ0n) is 16.8. The summed E-state index contributed by atoms with van der Waals surface area (Å²) in [5.41, 5.74) is 2.43. The normalized spacial score (nSPS) is 11.6. The number of H-pyrrole nitrogens is 1. The second kappa shape index (κ2) is 9.24. The molecule has 0 bridgehead atoms. The molecule has 0 spiro atoms. The number of aromatic nitrogens is 6. The summed E-state index contributed by atoms with van der Waals surface area (Å²) in [5.74, 6) is -2.52. The standard InChI is InChI=1S/C16H12F3N7O.C2HF3O2/c1-20-14-13-11(12-8-22-25-23-12)6-7-21-15(13)26(24-14)9-2-4-10(5-3-9)27-16(17,18)19;3-2(4,5)1(6)7/h2-8H,1H3,(H,20,24)(H,22,23,25);(H,6,7). The van der Waals surface area contributed by atoms with Crippen molar-refractivity contribution in [1.82, 2.24) is 30.2 Å². The van der Waals surface area contributed by atoms with Crippen molar-refractivity contribution in [3.05, 3.63) is 42.7 Å². The van der Waals surface area contributed by atoms with E-state index >= 15 is 0 Å². The lowest BCUT2D eigenvalue weighted by Gasteiger charge is -2.09. The molecule has 0 saturated heterocycles. The molecule has 4 rings (SSSR count). The molecular formula is C18H13F6N7O3. The van der Waals surface area contributed by atoms with Gasteiger partial charge in [0.15, 0.2) is 11.5 Å². The summed E-state index contributed by atoms with van der Waals surface area (Å²) in [4.78, 5) is 13.3. The second-order valence-electron chi connectivity index (χ2n) is 6.27. The lowest BCUT2D eigenvalue weighted by Crippen LogP contribution is -2.21. The minimum atomic E-state index is -5.08. The van der Waals surface area contributed by atoms with E-state index in [-0.39, 0.29) is 5.75 Å².